The average Bonchev–Trinajstić information content (AvgIpc) is 2.68. The molecule has 0 saturated heterocycles. The Morgan fingerprint density at radius 1 is 1.09 bits per heavy atom. The minimum atomic E-state index is -4.90. The SMILES string of the molecule is Cc1c(N)cnn1Cc1ccc(C(F)(F)F)cc1C(F)(F)F. The molecule has 9 heteroatoms. The van der Waals surface area contributed by atoms with E-state index in [1.54, 1.807) is 6.92 Å². The van der Waals surface area contributed by atoms with Crippen LogP contribution in [0.2, 0.25) is 0 Å². The minimum Gasteiger partial charge on any atom is -0.396 e. The third-order valence-corrected chi connectivity index (χ3v) is 3.20. The van der Waals surface area contributed by atoms with E-state index in [9.17, 15) is 26.3 Å². The first-order chi connectivity index (χ1) is 10.00. The molecule has 0 spiro atoms. The van der Waals surface area contributed by atoms with E-state index in [2.05, 4.69) is 5.10 Å². The van der Waals surface area contributed by atoms with Crippen LogP contribution in [0.15, 0.2) is 24.4 Å². The number of nitrogens with zero attached hydrogens (tertiary/aromatic N) is 2. The molecule has 0 amide bonds. The van der Waals surface area contributed by atoms with E-state index >= 15 is 0 Å². The molecule has 1 aromatic carbocycles. The van der Waals surface area contributed by atoms with Crippen LogP contribution in [0.25, 0.3) is 0 Å². The topological polar surface area (TPSA) is 43.8 Å². The fourth-order valence-electron chi connectivity index (χ4n) is 1.94. The fourth-order valence-corrected chi connectivity index (χ4v) is 1.94. The number of benzene rings is 1. The molecule has 2 N–H and O–H groups in total. The van der Waals surface area contributed by atoms with Crippen molar-refractivity contribution < 1.29 is 26.3 Å². The van der Waals surface area contributed by atoms with Crippen molar-refractivity contribution in [2.24, 2.45) is 0 Å². The van der Waals surface area contributed by atoms with Gasteiger partial charge in [0.15, 0.2) is 0 Å². The summed E-state index contributed by atoms with van der Waals surface area (Å²) in [6.45, 7) is 1.23. The number of aromatic nitrogens is 2. The smallest absolute Gasteiger partial charge is 0.396 e. The second-order valence-corrected chi connectivity index (χ2v) is 4.71. The summed E-state index contributed by atoms with van der Waals surface area (Å²) in [5, 5.41) is 3.81. The number of nitrogens with two attached hydrogens (primary N) is 1. The van der Waals surface area contributed by atoms with Crippen molar-refractivity contribution >= 4 is 5.69 Å². The van der Waals surface area contributed by atoms with Gasteiger partial charge in [0.1, 0.15) is 0 Å². The molecule has 0 aliphatic rings. The van der Waals surface area contributed by atoms with E-state index in [0.717, 1.165) is 6.07 Å². The lowest BCUT2D eigenvalue weighted by Gasteiger charge is -2.16. The Kier molecular flexibility index (Phi) is 3.84. The standard InChI is InChI=1S/C13H11F6N3/c1-7-11(20)5-21-22(7)6-8-2-3-9(12(14,15)16)4-10(8)13(17,18)19/h2-5H,6,20H2,1H3. The molecular weight excluding hydrogens is 312 g/mol. The first kappa shape index (κ1) is 16.2. The van der Waals surface area contributed by atoms with E-state index in [1.165, 1.54) is 10.9 Å². The van der Waals surface area contributed by atoms with Gasteiger partial charge in [-0.05, 0) is 24.6 Å². The molecular formula is C13H11F6N3. The third-order valence-electron chi connectivity index (χ3n) is 3.20. The summed E-state index contributed by atoms with van der Waals surface area (Å²) in [5.74, 6) is 0. The minimum absolute atomic E-state index is 0.109. The zero-order valence-electron chi connectivity index (χ0n) is 11.3. The van der Waals surface area contributed by atoms with Crippen LogP contribution in [0.4, 0.5) is 32.0 Å². The Morgan fingerprint density at radius 3 is 2.18 bits per heavy atom. The predicted molar refractivity (Wildman–Crippen MR) is 66.9 cm³/mol. The van der Waals surface area contributed by atoms with Crippen molar-refractivity contribution in [3.8, 4) is 0 Å². The monoisotopic (exact) mass is 323 g/mol. The first-order valence-electron chi connectivity index (χ1n) is 6.05. The fraction of sp³-hybridized carbons (Fsp3) is 0.308. The molecule has 22 heavy (non-hydrogen) atoms. The van der Waals surface area contributed by atoms with E-state index in [4.69, 9.17) is 5.73 Å². The summed E-state index contributed by atoms with van der Waals surface area (Å²) in [7, 11) is 0. The number of anilines is 1. The van der Waals surface area contributed by atoms with Crippen LogP contribution >= 0.6 is 0 Å². The van der Waals surface area contributed by atoms with E-state index in [1.807, 2.05) is 0 Å². The Balaban J connectivity index is 2.49. The second kappa shape index (κ2) is 5.22. The van der Waals surface area contributed by atoms with Gasteiger partial charge in [-0.3, -0.25) is 4.68 Å². The molecule has 0 unspecified atom stereocenters. The van der Waals surface area contributed by atoms with Crippen LogP contribution in [0, 0.1) is 6.92 Å². The zero-order chi connectivity index (χ0) is 16.7. The molecule has 0 fully saturated rings. The molecule has 3 nitrogen and oxygen atoms in total. The molecule has 1 heterocycles. The molecule has 120 valence electrons. The number of hydrogen-bond donors (Lipinski definition) is 1. The molecule has 0 aliphatic carbocycles. The molecule has 2 rings (SSSR count). The lowest BCUT2D eigenvalue weighted by Crippen LogP contribution is -2.16. The highest BCUT2D eigenvalue weighted by atomic mass is 19.4. The maximum Gasteiger partial charge on any atom is 0.416 e. The number of alkyl halides is 6. The largest absolute Gasteiger partial charge is 0.416 e. The Hall–Kier alpha value is -2.19. The van der Waals surface area contributed by atoms with Crippen LogP contribution in [-0.2, 0) is 18.9 Å². The molecule has 0 aliphatic heterocycles. The van der Waals surface area contributed by atoms with Crippen LogP contribution in [0.3, 0.4) is 0 Å². The quantitative estimate of drug-likeness (QED) is 0.853. The lowest BCUT2D eigenvalue weighted by atomic mass is 10.0. The number of rotatable bonds is 2. The van der Waals surface area contributed by atoms with Crippen LogP contribution in [-0.4, -0.2) is 9.78 Å². The average molecular weight is 323 g/mol. The highest BCUT2D eigenvalue weighted by Crippen LogP contribution is 2.37. The van der Waals surface area contributed by atoms with Crippen molar-refractivity contribution in [1.29, 1.82) is 0 Å². The molecule has 0 saturated carbocycles. The third kappa shape index (κ3) is 3.18. The summed E-state index contributed by atoms with van der Waals surface area (Å²) in [5.41, 5.74) is 3.28. The second-order valence-electron chi connectivity index (χ2n) is 4.71. The van der Waals surface area contributed by atoms with Crippen LogP contribution in [0.5, 0.6) is 0 Å². The van der Waals surface area contributed by atoms with Gasteiger partial charge in [0.05, 0.1) is 35.2 Å². The zero-order valence-corrected chi connectivity index (χ0v) is 11.3. The van der Waals surface area contributed by atoms with Crippen molar-refractivity contribution in [3.05, 3.63) is 46.8 Å². The van der Waals surface area contributed by atoms with E-state index < -0.39 is 23.5 Å². The summed E-state index contributed by atoms with van der Waals surface area (Å²) >= 11 is 0. The maximum absolute atomic E-state index is 13.0. The van der Waals surface area contributed by atoms with Gasteiger partial charge in [-0.15, -0.1) is 0 Å². The highest BCUT2D eigenvalue weighted by molar-refractivity contribution is 5.41. The van der Waals surface area contributed by atoms with Crippen molar-refractivity contribution in [2.75, 3.05) is 5.73 Å². The van der Waals surface area contributed by atoms with Gasteiger partial charge in [-0.25, -0.2) is 0 Å². The van der Waals surface area contributed by atoms with Crippen LogP contribution < -0.4 is 5.73 Å². The van der Waals surface area contributed by atoms with Gasteiger partial charge in [0.2, 0.25) is 0 Å². The van der Waals surface area contributed by atoms with Gasteiger partial charge in [0, 0.05) is 0 Å². The van der Waals surface area contributed by atoms with Gasteiger partial charge in [0.25, 0.3) is 0 Å². The van der Waals surface area contributed by atoms with Crippen molar-refractivity contribution in [1.82, 2.24) is 9.78 Å². The van der Waals surface area contributed by atoms with Gasteiger partial charge in [-0.2, -0.15) is 31.4 Å². The van der Waals surface area contributed by atoms with Crippen molar-refractivity contribution in [3.63, 3.8) is 0 Å². The maximum atomic E-state index is 13.0. The first-order valence-corrected chi connectivity index (χ1v) is 6.05. The number of nitrogen functional groups attached to an aromatic ring is 1. The molecule has 1 aromatic heterocycles. The van der Waals surface area contributed by atoms with Gasteiger partial charge < -0.3 is 5.73 Å². The van der Waals surface area contributed by atoms with E-state index in [0.29, 0.717) is 17.4 Å². The Morgan fingerprint density at radius 2 is 1.73 bits per heavy atom. The predicted octanol–water partition coefficient (Wildman–Crippen LogP) is 3.86. The van der Waals surface area contributed by atoms with E-state index in [-0.39, 0.29) is 18.2 Å². The Bertz CT molecular complexity index is 684. The van der Waals surface area contributed by atoms with Gasteiger partial charge in [-0.1, -0.05) is 6.07 Å². The molecule has 0 radical (unpaired) electrons. The number of hydrogen-bond acceptors (Lipinski definition) is 2. The normalized spacial score (nSPS) is 12.7. The summed E-state index contributed by atoms with van der Waals surface area (Å²) < 4.78 is 78.0. The lowest BCUT2D eigenvalue weighted by molar-refractivity contribution is -0.143. The molecule has 0 atom stereocenters. The molecule has 2 aromatic rings. The van der Waals surface area contributed by atoms with Crippen LogP contribution in [0.1, 0.15) is 22.4 Å². The van der Waals surface area contributed by atoms with Gasteiger partial charge >= 0.3 is 12.4 Å². The highest BCUT2D eigenvalue weighted by Gasteiger charge is 2.38. The molecule has 0 bridgehead atoms. The van der Waals surface area contributed by atoms with Crippen molar-refractivity contribution in [2.45, 2.75) is 25.8 Å². The summed E-state index contributed by atoms with van der Waals surface area (Å²) in [6, 6.07) is 1.53. The number of halogens is 6. The summed E-state index contributed by atoms with van der Waals surface area (Å²) in [4.78, 5) is 0. The summed E-state index contributed by atoms with van der Waals surface area (Å²) in [6.07, 6.45) is -8.47. The Labute approximate surface area is 121 Å².